The maximum Gasteiger partial charge on any atom is 0.145 e. The Kier molecular flexibility index (Phi) is 3.05. The summed E-state index contributed by atoms with van der Waals surface area (Å²) in [5.74, 6) is 1.55. The molecule has 23 heavy (non-hydrogen) atoms. The molecule has 0 aliphatic heterocycles. The molecule has 1 aromatic heterocycles. The van der Waals surface area contributed by atoms with Gasteiger partial charge in [-0.25, -0.2) is 0 Å². The highest BCUT2D eigenvalue weighted by molar-refractivity contribution is 5.32. The molecule has 0 saturated heterocycles. The second-order valence-electron chi connectivity index (χ2n) is 8.40. The van der Waals surface area contributed by atoms with E-state index >= 15 is 0 Å². The van der Waals surface area contributed by atoms with E-state index in [9.17, 15) is 5.11 Å². The number of fused-ring (bicyclic) bond motifs is 2. The fourth-order valence-electron chi connectivity index (χ4n) is 5.53. The normalized spacial score (nSPS) is 35.4. The highest BCUT2D eigenvalue weighted by Gasteiger charge is 2.56. The van der Waals surface area contributed by atoms with Gasteiger partial charge in [0.15, 0.2) is 0 Å². The van der Waals surface area contributed by atoms with Gasteiger partial charge in [-0.3, -0.25) is 0 Å². The zero-order valence-corrected chi connectivity index (χ0v) is 14.2. The summed E-state index contributed by atoms with van der Waals surface area (Å²) < 4.78 is 5.59. The first-order chi connectivity index (χ1) is 10.9. The van der Waals surface area contributed by atoms with Gasteiger partial charge < -0.3 is 9.63 Å². The van der Waals surface area contributed by atoms with Crippen LogP contribution in [0.3, 0.4) is 0 Å². The predicted octanol–water partition coefficient (Wildman–Crippen LogP) is 4.20. The van der Waals surface area contributed by atoms with Crippen molar-refractivity contribution in [1.82, 2.24) is 5.16 Å². The van der Waals surface area contributed by atoms with Gasteiger partial charge in [-0.2, -0.15) is 0 Å². The summed E-state index contributed by atoms with van der Waals surface area (Å²) >= 11 is 0. The molecule has 1 aromatic carbocycles. The molecule has 3 atom stereocenters. The van der Waals surface area contributed by atoms with Crippen LogP contribution in [0, 0.1) is 11.3 Å². The summed E-state index contributed by atoms with van der Waals surface area (Å²) in [6.07, 6.45) is 5.42. The number of aliphatic hydroxyl groups is 1. The van der Waals surface area contributed by atoms with Crippen molar-refractivity contribution in [2.75, 3.05) is 0 Å². The van der Waals surface area contributed by atoms with E-state index in [2.05, 4.69) is 38.1 Å². The average Bonchev–Trinajstić information content (AvgIpc) is 2.96. The molecule has 1 N–H and O–H groups in total. The summed E-state index contributed by atoms with van der Waals surface area (Å²) in [6.45, 7) is 6.88. The Morgan fingerprint density at radius 1 is 1.17 bits per heavy atom. The van der Waals surface area contributed by atoms with E-state index in [0.29, 0.717) is 5.92 Å². The lowest BCUT2D eigenvalue weighted by Gasteiger charge is -2.56. The van der Waals surface area contributed by atoms with E-state index in [1.165, 1.54) is 5.56 Å². The van der Waals surface area contributed by atoms with Crippen LogP contribution in [0.5, 0.6) is 0 Å². The number of hydrogen-bond donors (Lipinski definition) is 1. The zero-order valence-electron chi connectivity index (χ0n) is 14.2. The van der Waals surface area contributed by atoms with E-state index in [1.54, 1.807) is 0 Å². The quantitative estimate of drug-likeness (QED) is 0.858. The molecule has 122 valence electrons. The Bertz CT molecular complexity index is 720. The Morgan fingerprint density at radius 2 is 1.91 bits per heavy atom. The summed E-state index contributed by atoms with van der Waals surface area (Å²) in [5.41, 5.74) is 1.57. The molecular weight excluding hydrogens is 286 g/mol. The molecule has 1 fully saturated rings. The molecule has 0 radical (unpaired) electrons. The van der Waals surface area contributed by atoms with Gasteiger partial charge in [0.05, 0.1) is 11.8 Å². The van der Waals surface area contributed by atoms with Crippen LogP contribution >= 0.6 is 0 Å². The first-order valence-corrected chi connectivity index (χ1v) is 8.57. The molecule has 3 heteroatoms. The minimum Gasteiger partial charge on any atom is -0.385 e. The SMILES string of the molecule is CC1(C)c2oncc2C[C@]2(C)C[C@](O)(c3ccccc3)CC[C@@H]12. The number of benzene rings is 1. The van der Waals surface area contributed by atoms with Crippen LogP contribution < -0.4 is 0 Å². The first-order valence-electron chi connectivity index (χ1n) is 8.57. The second-order valence-corrected chi connectivity index (χ2v) is 8.40. The van der Waals surface area contributed by atoms with Crippen LogP contribution in [0.4, 0.5) is 0 Å². The Balaban J connectivity index is 1.75. The van der Waals surface area contributed by atoms with Crippen molar-refractivity contribution in [3.63, 3.8) is 0 Å². The Morgan fingerprint density at radius 3 is 2.65 bits per heavy atom. The van der Waals surface area contributed by atoms with Crippen LogP contribution in [-0.4, -0.2) is 10.3 Å². The van der Waals surface area contributed by atoms with Crippen molar-refractivity contribution in [1.29, 1.82) is 0 Å². The van der Waals surface area contributed by atoms with Crippen LogP contribution in [0.15, 0.2) is 41.1 Å². The van der Waals surface area contributed by atoms with Crippen molar-refractivity contribution < 1.29 is 9.63 Å². The smallest absolute Gasteiger partial charge is 0.145 e. The molecule has 2 aliphatic rings. The van der Waals surface area contributed by atoms with Crippen molar-refractivity contribution >= 4 is 0 Å². The van der Waals surface area contributed by atoms with E-state index in [0.717, 1.165) is 37.0 Å². The van der Waals surface area contributed by atoms with E-state index in [4.69, 9.17) is 4.52 Å². The van der Waals surface area contributed by atoms with Crippen molar-refractivity contribution in [3.8, 4) is 0 Å². The van der Waals surface area contributed by atoms with Crippen molar-refractivity contribution in [2.24, 2.45) is 11.3 Å². The van der Waals surface area contributed by atoms with E-state index < -0.39 is 5.60 Å². The molecule has 2 aromatic rings. The van der Waals surface area contributed by atoms with Crippen LogP contribution in [0.2, 0.25) is 0 Å². The lowest BCUT2D eigenvalue weighted by molar-refractivity contribution is -0.101. The van der Waals surface area contributed by atoms with Crippen LogP contribution in [-0.2, 0) is 17.4 Å². The third-order valence-corrected chi connectivity index (χ3v) is 6.39. The third kappa shape index (κ3) is 2.09. The fourth-order valence-corrected chi connectivity index (χ4v) is 5.53. The fraction of sp³-hybridized carbons (Fsp3) is 0.550. The molecule has 0 amide bonds. The number of rotatable bonds is 1. The predicted molar refractivity (Wildman–Crippen MR) is 89.0 cm³/mol. The molecule has 4 rings (SSSR count). The number of hydrogen-bond acceptors (Lipinski definition) is 3. The minimum absolute atomic E-state index is 0.0309. The minimum atomic E-state index is -0.725. The average molecular weight is 311 g/mol. The Hall–Kier alpha value is -1.61. The van der Waals surface area contributed by atoms with E-state index in [-0.39, 0.29) is 10.8 Å². The molecule has 2 aliphatic carbocycles. The van der Waals surface area contributed by atoms with Gasteiger partial charge in [0, 0.05) is 11.0 Å². The lowest BCUT2D eigenvalue weighted by atomic mass is 9.49. The highest BCUT2D eigenvalue weighted by Crippen LogP contribution is 2.60. The van der Waals surface area contributed by atoms with Gasteiger partial charge >= 0.3 is 0 Å². The number of aromatic nitrogens is 1. The first kappa shape index (κ1) is 14.9. The highest BCUT2D eigenvalue weighted by atomic mass is 16.5. The molecule has 0 unspecified atom stereocenters. The second kappa shape index (κ2) is 4.70. The van der Waals surface area contributed by atoms with E-state index in [1.807, 2.05) is 24.4 Å². The van der Waals surface area contributed by atoms with Gasteiger partial charge in [0.2, 0.25) is 0 Å². The maximum atomic E-state index is 11.4. The largest absolute Gasteiger partial charge is 0.385 e. The zero-order chi connectivity index (χ0) is 16.3. The summed E-state index contributed by atoms with van der Waals surface area (Å²) in [6, 6.07) is 10.2. The topological polar surface area (TPSA) is 46.3 Å². The van der Waals surface area contributed by atoms with Crippen LogP contribution in [0.25, 0.3) is 0 Å². The van der Waals surface area contributed by atoms with Gasteiger partial charge in [0.25, 0.3) is 0 Å². The van der Waals surface area contributed by atoms with Crippen LogP contribution in [0.1, 0.15) is 56.9 Å². The monoisotopic (exact) mass is 311 g/mol. The summed E-state index contributed by atoms with van der Waals surface area (Å²) in [5, 5.41) is 15.4. The number of nitrogens with zero attached hydrogens (tertiary/aromatic N) is 1. The molecule has 0 bridgehead atoms. The van der Waals surface area contributed by atoms with Crippen molar-refractivity contribution in [3.05, 3.63) is 53.4 Å². The summed E-state index contributed by atoms with van der Waals surface area (Å²) in [4.78, 5) is 0. The molecule has 1 heterocycles. The molecule has 1 saturated carbocycles. The van der Waals surface area contributed by atoms with Gasteiger partial charge in [-0.1, -0.05) is 56.3 Å². The van der Waals surface area contributed by atoms with Gasteiger partial charge in [0.1, 0.15) is 5.76 Å². The summed E-state index contributed by atoms with van der Waals surface area (Å²) in [7, 11) is 0. The lowest BCUT2D eigenvalue weighted by Crippen LogP contribution is -2.53. The molecule has 0 spiro atoms. The van der Waals surface area contributed by atoms with Gasteiger partial charge in [-0.05, 0) is 42.6 Å². The standard InChI is InChI=1S/C20H25NO2/c1-18(2)16-9-10-20(22,15-7-5-4-6-8-15)13-19(16,3)11-14-12-21-23-17(14)18/h4-8,12,16,22H,9-11,13H2,1-3H3/t16-,19+,20-/m0/s1. The third-order valence-electron chi connectivity index (χ3n) is 6.39. The molecule has 3 nitrogen and oxygen atoms in total. The Labute approximate surface area is 137 Å². The molecular formula is C20H25NO2. The van der Waals surface area contributed by atoms with Gasteiger partial charge in [-0.15, -0.1) is 0 Å². The van der Waals surface area contributed by atoms with Crippen molar-refractivity contribution in [2.45, 2.75) is 57.5 Å². The maximum absolute atomic E-state index is 11.4.